The normalized spacial score (nSPS) is 14.5. The molecule has 0 spiro atoms. The molecule has 0 aliphatic heterocycles. The Morgan fingerprint density at radius 3 is 2.18 bits per heavy atom. The quantitative estimate of drug-likeness (QED) is 0.116. The van der Waals surface area contributed by atoms with Gasteiger partial charge in [-0.05, 0) is 48.1 Å². The molecule has 5 atom stereocenters. The predicted octanol–water partition coefficient (Wildman–Crippen LogP) is 0.837. The highest BCUT2D eigenvalue weighted by atomic mass is 16.4. The minimum absolute atomic E-state index is 0.000706. The van der Waals surface area contributed by atoms with Gasteiger partial charge in [-0.1, -0.05) is 50.6 Å². The number of primary amides is 1. The summed E-state index contributed by atoms with van der Waals surface area (Å²) in [5, 5.41) is 27.8. The van der Waals surface area contributed by atoms with Crippen molar-refractivity contribution in [2.75, 3.05) is 0 Å². The molecule has 236 valence electrons. The van der Waals surface area contributed by atoms with Gasteiger partial charge in [-0.3, -0.25) is 19.2 Å². The summed E-state index contributed by atoms with van der Waals surface area (Å²) in [6.45, 7) is 3.59. The first-order valence-corrected chi connectivity index (χ1v) is 14.4. The average molecular weight is 609 g/mol. The minimum Gasteiger partial charge on any atom is -0.508 e. The Morgan fingerprint density at radius 1 is 0.886 bits per heavy atom. The molecule has 0 aliphatic rings. The second-order valence-corrected chi connectivity index (χ2v) is 10.9. The number of fused-ring (bicyclic) bond motifs is 1. The van der Waals surface area contributed by atoms with Crippen LogP contribution < -0.4 is 27.4 Å². The van der Waals surface area contributed by atoms with E-state index in [2.05, 4.69) is 20.9 Å². The smallest absolute Gasteiger partial charge is 0.326 e. The molecule has 1 aromatic heterocycles. The number of amides is 4. The molecule has 4 amide bonds. The number of aromatic nitrogens is 1. The van der Waals surface area contributed by atoms with Crippen molar-refractivity contribution >= 4 is 40.5 Å². The zero-order valence-corrected chi connectivity index (χ0v) is 24.7. The maximum absolute atomic E-state index is 13.5. The standard InChI is InChI=1S/C31H40N6O7/c1-3-17(2)27(37-28(40)22(32)15-19-16-34-23-7-5-4-6-21(19)23)30(42)35-24(12-13-26(33)39)29(41)36-25(31(43)44)14-18-8-10-20(38)11-9-18/h4-11,16-17,22,24-25,27,34,38H,3,12-15,32H2,1-2H3,(H2,33,39)(H,35,42)(H,36,41)(H,37,40)(H,43,44). The van der Waals surface area contributed by atoms with Gasteiger partial charge in [-0.2, -0.15) is 0 Å². The number of aromatic hydroxyl groups is 1. The Morgan fingerprint density at radius 2 is 1.55 bits per heavy atom. The van der Waals surface area contributed by atoms with E-state index in [-0.39, 0.29) is 37.4 Å². The summed E-state index contributed by atoms with van der Waals surface area (Å²) in [6, 6.07) is 8.68. The molecule has 5 unspecified atom stereocenters. The van der Waals surface area contributed by atoms with Crippen molar-refractivity contribution in [2.24, 2.45) is 17.4 Å². The van der Waals surface area contributed by atoms with Gasteiger partial charge in [0.25, 0.3) is 0 Å². The lowest BCUT2D eigenvalue weighted by molar-refractivity contribution is -0.142. The van der Waals surface area contributed by atoms with E-state index >= 15 is 0 Å². The van der Waals surface area contributed by atoms with Crippen LogP contribution in [0.25, 0.3) is 10.9 Å². The number of nitrogens with one attached hydrogen (secondary N) is 4. The molecule has 0 fully saturated rings. The Hall–Kier alpha value is -4.91. The van der Waals surface area contributed by atoms with Crippen molar-refractivity contribution in [3.8, 4) is 5.75 Å². The molecular weight excluding hydrogens is 568 g/mol. The van der Waals surface area contributed by atoms with Crippen molar-refractivity contribution in [1.29, 1.82) is 0 Å². The highest BCUT2D eigenvalue weighted by Gasteiger charge is 2.33. The van der Waals surface area contributed by atoms with Crippen molar-refractivity contribution in [1.82, 2.24) is 20.9 Å². The van der Waals surface area contributed by atoms with Gasteiger partial charge in [0.05, 0.1) is 6.04 Å². The van der Waals surface area contributed by atoms with Crippen LogP contribution in [-0.2, 0) is 36.8 Å². The van der Waals surface area contributed by atoms with Crippen LogP contribution in [0.1, 0.15) is 44.2 Å². The lowest BCUT2D eigenvalue weighted by Gasteiger charge is -2.28. The van der Waals surface area contributed by atoms with Crippen LogP contribution in [0.15, 0.2) is 54.7 Å². The summed E-state index contributed by atoms with van der Waals surface area (Å²) in [6.07, 6.45) is 1.94. The van der Waals surface area contributed by atoms with Gasteiger partial charge in [0, 0.05) is 29.9 Å². The molecule has 13 heteroatoms. The number of aromatic amines is 1. The van der Waals surface area contributed by atoms with Gasteiger partial charge in [0.1, 0.15) is 23.9 Å². The molecule has 0 saturated carbocycles. The molecule has 0 bridgehead atoms. The summed E-state index contributed by atoms with van der Waals surface area (Å²) >= 11 is 0. The number of carbonyl (C=O) groups excluding carboxylic acids is 4. The number of nitrogens with two attached hydrogens (primary N) is 2. The number of benzene rings is 2. The van der Waals surface area contributed by atoms with E-state index in [0.717, 1.165) is 16.5 Å². The SMILES string of the molecule is CCC(C)C(NC(=O)C(N)Cc1c[nH]c2ccccc12)C(=O)NC(CCC(N)=O)C(=O)NC(Cc1ccc(O)cc1)C(=O)O. The molecule has 44 heavy (non-hydrogen) atoms. The molecule has 2 aromatic carbocycles. The molecule has 0 aliphatic carbocycles. The second kappa shape index (κ2) is 15.5. The van der Waals surface area contributed by atoms with Crippen LogP contribution in [0.5, 0.6) is 5.75 Å². The zero-order valence-electron chi connectivity index (χ0n) is 24.7. The van der Waals surface area contributed by atoms with Gasteiger partial charge in [-0.25, -0.2) is 4.79 Å². The summed E-state index contributed by atoms with van der Waals surface area (Å²) in [5.41, 5.74) is 13.8. The van der Waals surface area contributed by atoms with E-state index in [0.29, 0.717) is 12.0 Å². The third-order valence-corrected chi connectivity index (χ3v) is 7.55. The Bertz CT molecular complexity index is 1470. The van der Waals surface area contributed by atoms with Gasteiger partial charge in [-0.15, -0.1) is 0 Å². The van der Waals surface area contributed by atoms with Crippen molar-refractivity contribution < 1.29 is 34.2 Å². The first-order valence-electron chi connectivity index (χ1n) is 14.4. The van der Waals surface area contributed by atoms with Crippen LogP contribution in [0.2, 0.25) is 0 Å². The van der Waals surface area contributed by atoms with Gasteiger partial charge in [0.15, 0.2) is 0 Å². The fourth-order valence-electron chi connectivity index (χ4n) is 4.75. The van der Waals surface area contributed by atoms with Crippen LogP contribution in [0.3, 0.4) is 0 Å². The lowest BCUT2D eigenvalue weighted by atomic mass is 9.96. The third kappa shape index (κ3) is 9.30. The summed E-state index contributed by atoms with van der Waals surface area (Å²) in [4.78, 5) is 66.5. The predicted molar refractivity (Wildman–Crippen MR) is 163 cm³/mol. The van der Waals surface area contributed by atoms with Gasteiger partial charge < -0.3 is 42.6 Å². The Balaban J connectivity index is 1.72. The Labute approximate surface area is 254 Å². The van der Waals surface area contributed by atoms with Crippen LogP contribution >= 0.6 is 0 Å². The molecular formula is C31H40N6O7. The van der Waals surface area contributed by atoms with Crippen LogP contribution in [-0.4, -0.2) is 69.0 Å². The largest absolute Gasteiger partial charge is 0.508 e. The number of carboxylic acids is 1. The maximum atomic E-state index is 13.5. The number of phenolic OH excluding ortho intramolecular Hbond substituents is 1. The number of rotatable bonds is 16. The zero-order chi connectivity index (χ0) is 32.4. The van der Waals surface area contributed by atoms with E-state index in [9.17, 15) is 34.2 Å². The molecule has 1 heterocycles. The van der Waals surface area contributed by atoms with E-state index in [1.165, 1.54) is 24.3 Å². The lowest BCUT2D eigenvalue weighted by Crippen LogP contribution is -2.59. The number of para-hydroxylation sites is 1. The molecule has 3 aromatic rings. The molecule has 10 N–H and O–H groups in total. The summed E-state index contributed by atoms with van der Waals surface area (Å²) in [5.74, 6) is -4.49. The number of hydrogen-bond acceptors (Lipinski definition) is 7. The second-order valence-electron chi connectivity index (χ2n) is 10.9. The van der Waals surface area contributed by atoms with Crippen LogP contribution in [0, 0.1) is 5.92 Å². The number of carboxylic acid groups (broad SMARTS) is 1. The Kier molecular flexibility index (Phi) is 11.9. The van der Waals surface area contributed by atoms with Crippen molar-refractivity contribution in [3.63, 3.8) is 0 Å². The third-order valence-electron chi connectivity index (χ3n) is 7.55. The van der Waals surface area contributed by atoms with Crippen molar-refractivity contribution in [3.05, 3.63) is 65.9 Å². The van der Waals surface area contributed by atoms with Gasteiger partial charge in [0.2, 0.25) is 23.6 Å². The number of aliphatic carboxylic acids is 1. The fourth-order valence-corrected chi connectivity index (χ4v) is 4.75. The molecule has 0 radical (unpaired) electrons. The van der Waals surface area contributed by atoms with Gasteiger partial charge >= 0.3 is 5.97 Å². The first-order chi connectivity index (χ1) is 20.9. The van der Waals surface area contributed by atoms with E-state index in [1.54, 1.807) is 13.1 Å². The average Bonchev–Trinajstić information content (AvgIpc) is 3.40. The van der Waals surface area contributed by atoms with Crippen LogP contribution in [0.4, 0.5) is 0 Å². The molecule has 0 saturated heterocycles. The topological polar surface area (TPSA) is 230 Å². The number of hydrogen-bond donors (Lipinski definition) is 8. The minimum atomic E-state index is -1.37. The first kappa shape index (κ1) is 33.6. The van der Waals surface area contributed by atoms with E-state index in [4.69, 9.17) is 11.5 Å². The number of carbonyl (C=O) groups is 5. The fraction of sp³-hybridized carbons (Fsp3) is 0.387. The van der Waals surface area contributed by atoms with E-state index < -0.39 is 53.8 Å². The highest BCUT2D eigenvalue weighted by Crippen LogP contribution is 2.19. The maximum Gasteiger partial charge on any atom is 0.326 e. The molecule has 13 nitrogen and oxygen atoms in total. The van der Waals surface area contributed by atoms with E-state index in [1.807, 2.05) is 31.2 Å². The summed E-state index contributed by atoms with van der Waals surface area (Å²) in [7, 11) is 0. The monoisotopic (exact) mass is 608 g/mol. The molecule has 3 rings (SSSR count). The summed E-state index contributed by atoms with van der Waals surface area (Å²) < 4.78 is 0. The number of H-pyrrole nitrogens is 1. The highest BCUT2D eigenvalue weighted by molar-refractivity contribution is 5.95. The number of phenols is 1. The van der Waals surface area contributed by atoms with Crippen molar-refractivity contribution in [2.45, 2.75) is 70.1 Å².